The number of ether oxygens (including phenoxy) is 1. The number of pyridine rings is 1. The minimum absolute atomic E-state index is 0.656. The van der Waals surface area contributed by atoms with Gasteiger partial charge in [0.05, 0.1) is 12.6 Å². The van der Waals surface area contributed by atoms with Crippen LogP contribution in [0.3, 0.4) is 0 Å². The highest BCUT2D eigenvalue weighted by Crippen LogP contribution is 2.39. The van der Waals surface area contributed by atoms with Crippen molar-refractivity contribution in [2.24, 2.45) is 0 Å². The maximum atomic E-state index is 6.19. The third kappa shape index (κ3) is 2.84. The molecule has 5 nitrogen and oxygen atoms in total. The van der Waals surface area contributed by atoms with E-state index >= 15 is 0 Å². The lowest BCUT2D eigenvalue weighted by atomic mass is 10.1. The molecule has 2 aromatic heterocycles. The molecule has 138 valence electrons. The van der Waals surface area contributed by atoms with Gasteiger partial charge in [-0.15, -0.1) is 0 Å². The molecule has 0 amide bonds. The molecule has 0 unspecified atom stereocenters. The van der Waals surface area contributed by atoms with E-state index in [1.807, 2.05) is 42.5 Å². The molecule has 4 aromatic rings. The molecule has 1 aliphatic heterocycles. The average Bonchev–Trinajstić information content (AvgIpc) is 3.16. The van der Waals surface area contributed by atoms with E-state index in [1.54, 1.807) is 19.5 Å². The zero-order valence-corrected chi connectivity index (χ0v) is 16.0. The van der Waals surface area contributed by atoms with Crippen molar-refractivity contribution in [3.63, 3.8) is 0 Å². The first-order valence-corrected chi connectivity index (χ1v) is 9.43. The van der Waals surface area contributed by atoms with Crippen LogP contribution >= 0.6 is 11.6 Å². The number of fused-ring (bicyclic) bond motifs is 2. The van der Waals surface area contributed by atoms with Crippen molar-refractivity contribution in [3.05, 3.63) is 71.5 Å². The van der Waals surface area contributed by atoms with Crippen molar-refractivity contribution in [3.8, 4) is 17.1 Å². The van der Waals surface area contributed by atoms with Gasteiger partial charge in [0.2, 0.25) is 0 Å². The van der Waals surface area contributed by atoms with Crippen LogP contribution in [0.1, 0.15) is 5.56 Å². The van der Waals surface area contributed by atoms with Crippen LogP contribution in [0.15, 0.2) is 60.9 Å². The Morgan fingerprint density at radius 2 is 2.00 bits per heavy atom. The predicted octanol–water partition coefficient (Wildman–Crippen LogP) is 5.05. The van der Waals surface area contributed by atoms with Gasteiger partial charge in [0.15, 0.2) is 5.82 Å². The number of hydrogen-bond acceptors (Lipinski definition) is 5. The lowest BCUT2D eigenvalue weighted by molar-refractivity contribution is 0.415. The molecular formula is C22H17ClN4O. The van der Waals surface area contributed by atoms with Crippen LogP contribution in [-0.2, 0) is 6.42 Å². The molecule has 0 saturated heterocycles. The molecule has 5 rings (SSSR count). The number of aromatic nitrogens is 3. The first-order valence-electron chi connectivity index (χ1n) is 9.05. The second-order valence-electron chi connectivity index (χ2n) is 6.67. The van der Waals surface area contributed by atoms with Crippen LogP contribution in [-0.4, -0.2) is 28.6 Å². The summed E-state index contributed by atoms with van der Waals surface area (Å²) in [7, 11) is 1.67. The maximum Gasteiger partial charge on any atom is 0.163 e. The molecule has 0 N–H and O–H groups in total. The van der Waals surface area contributed by atoms with Crippen LogP contribution in [0.4, 0.5) is 11.5 Å². The highest BCUT2D eigenvalue weighted by Gasteiger charge is 2.24. The van der Waals surface area contributed by atoms with Gasteiger partial charge in [-0.1, -0.05) is 11.6 Å². The van der Waals surface area contributed by atoms with Gasteiger partial charge in [0, 0.05) is 40.6 Å². The number of nitrogens with zero attached hydrogens (tertiary/aromatic N) is 4. The minimum Gasteiger partial charge on any atom is -0.497 e. The molecule has 0 fully saturated rings. The summed E-state index contributed by atoms with van der Waals surface area (Å²) in [5.41, 5.74) is 4.11. The van der Waals surface area contributed by atoms with Gasteiger partial charge in [-0.25, -0.2) is 9.97 Å². The Bertz CT molecular complexity index is 1180. The van der Waals surface area contributed by atoms with E-state index in [-0.39, 0.29) is 0 Å². The van der Waals surface area contributed by atoms with Crippen molar-refractivity contribution in [1.29, 1.82) is 0 Å². The number of rotatable bonds is 3. The average molecular weight is 389 g/mol. The zero-order chi connectivity index (χ0) is 19.1. The van der Waals surface area contributed by atoms with E-state index in [2.05, 4.69) is 16.0 Å². The van der Waals surface area contributed by atoms with Crippen molar-refractivity contribution < 1.29 is 4.74 Å². The SMILES string of the molecule is COc1ccc2nc(-c3cccnc3)nc(N3CCc4cc(Cl)ccc43)c2c1. The van der Waals surface area contributed by atoms with Crippen LogP contribution < -0.4 is 9.64 Å². The summed E-state index contributed by atoms with van der Waals surface area (Å²) < 4.78 is 5.44. The van der Waals surface area contributed by atoms with Crippen LogP contribution in [0.25, 0.3) is 22.3 Å². The van der Waals surface area contributed by atoms with E-state index in [4.69, 9.17) is 26.3 Å². The molecule has 0 spiro atoms. The molecule has 0 radical (unpaired) electrons. The number of hydrogen-bond donors (Lipinski definition) is 0. The van der Waals surface area contributed by atoms with Gasteiger partial charge in [-0.05, 0) is 60.5 Å². The summed E-state index contributed by atoms with van der Waals surface area (Å²) in [6.45, 7) is 0.839. The summed E-state index contributed by atoms with van der Waals surface area (Å²) >= 11 is 6.19. The fourth-order valence-electron chi connectivity index (χ4n) is 3.64. The molecule has 1 aliphatic rings. The predicted molar refractivity (Wildman–Crippen MR) is 111 cm³/mol. The zero-order valence-electron chi connectivity index (χ0n) is 15.3. The molecular weight excluding hydrogens is 372 g/mol. The van der Waals surface area contributed by atoms with Crippen molar-refractivity contribution in [1.82, 2.24) is 15.0 Å². The Kier molecular flexibility index (Phi) is 4.10. The number of anilines is 2. The lowest BCUT2D eigenvalue weighted by Gasteiger charge is -2.21. The highest BCUT2D eigenvalue weighted by molar-refractivity contribution is 6.30. The van der Waals surface area contributed by atoms with Gasteiger partial charge in [-0.3, -0.25) is 4.98 Å². The molecule has 3 heterocycles. The minimum atomic E-state index is 0.656. The van der Waals surface area contributed by atoms with E-state index < -0.39 is 0 Å². The second kappa shape index (κ2) is 6.77. The third-order valence-corrected chi connectivity index (χ3v) is 5.23. The monoisotopic (exact) mass is 388 g/mol. The molecule has 0 aliphatic carbocycles. The van der Waals surface area contributed by atoms with Crippen molar-refractivity contribution >= 4 is 34.0 Å². The molecule has 0 saturated carbocycles. The third-order valence-electron chi connectivity index (χ3n) is 5.00. The van der Waals surface area contributed by atoms with Crippen LogP contribution in [0.2, 0.25) is 5.02 Å². The smallest absolute Gasteiger partial charge is 0.163 e. The van der Waals surface area contributed by atoms with E-state index in [0.717, 1.165) is 51.7 Å². The molecule has 0 bridgehead atoms. The van der Waals surface area contributed by atoms with Gasteiger partial charge >= 0.3 is 0 Å². The van der Waals surface area contributed by atoms with Gasteiger partial charge < -0.3 is 9.64 Å². The molecule has 0 atom stereocenters. The fraction of sp³-hybridized carbons (Fsp3) is 0.136. The number of methoxy groups -OCH3 is 1. The topological polar surface area (TPSA) is 51.1 Å². The lowest BCUT2D eigenvalue weighted by Crippen LogP contribution is -2.16. The first-order chi connectivity index (χ1) is 13.7. The number of halogens is 1. The van der Waals surface area contributed by atoms with Gasteiger partial charge in [0.25, 0.3) is 0 Å². The van der Waals surface area contributed by atoms with Crippen molar-refractivity contribution in [2.45, 2.75) is 6.42 Å². The molecule has 6 heteroatoms. The maximum absolute atomic E-state index is 6.19. The number of benzene rings is 2. The fourth-order valence-corrected chi connectivity index (χ4v) is 3.83. The van der Waals surface area contributed by atoms with Gasteiger partial charge in [0.1, 0.15) is 11.6 Å². The molecule has 2 aromatic carbocycles. The largest absolute Gasteiger partial charge is 0.497 e. The summed E-state index contributed by atoms with van der Waals surface area (Å²) in [6, 6.07) is 15.8. The van der Waals surface area contributed by atoms with Crippen LogP contribution in [0.5, 0.6) is 5.75 Å². The van der Waals surface area contributed by atoms with E-state index in [9.17, 15) is 0 Å². The van der Waals surface area contributed by atoms with E-state index in [0.29, 0.717) is 5.82 Å². The van der Waals surface area contributed by atoms with Crippen molar-refractivity contribution in [2.75, 3.05) is 18.6 Å². The van der Waals surface area contributed by atoms with Gasteiger partial charge in [-0.2, -0.15) is 0 Å². The van der Waals surface area contributed by atoms with E-state index in [1.165, 1.54) is 5.56 Å². The van der Waals surface area contributed by atoms with Crippen LogP contribution in [0, 0.1) is 0 Å². The quantitative estimate of drug-likeness (QED) is 0.491. The first kappa shape index (κ1) is 17.0. The summed E-state index contributed by atoms with van der Waals surface area (Å²) in [5, 5.41) is 1.71. The Balaban J connectivity index is 1.75. The Labute approximate surface area is 167 Å². The summed E-state index contributed by atoms with van der Waals surface area (Å²) in [4.78, 5) is 16.1. The normalized spacial score (nSPS) is 13.0. The highest BCUT2D eigenvalue weighted by atomic mass is 35.5. The Hall–Kier alpha value is -3.18. The Morgan fingerprint density at radius 1 is 1.07 bits per heavy atom. The second-order valence-corrected chi connectivity index (χ2v) is 7.11. The molecule has 28 heavy (non-hydrogen) atoms. The standard InChI is InChI=1S/C22H17ClN4O/c1-28-17-5-6-19-18(12-17)22(26-21(25-19)15-3-2-9-24-13-15)27-10-8-14-11-16(23)4-7-20(14)27/h2-7,9,11-13H,8,10H2,1H3. The Morgan fingerprint density at radius 3 is 2.82 bits per heavy atom. The summed E-state index contributed by atoms with van der Waals surface area (Å²) in [5.74, 6) is 2.30. The summed E-state index contributed by atoms with van der Waals surface area (Å²) in [6.07, 6.45) is 4.45.